The fourth-order valence-corrected chi connectivity index (χ4v) is 1.81. The molecule has 1 saturated heterocycles. The first-order valence-corrected chi connectivity index (χ1v) is 4.86. The summed E-state index contributed by atoms with van der Waals surface area (Å²) >= 11 is 0. The smallest absolute Gasteiger partial charge is 0.123 e. The van der Waals surface area contributed by atoms with Crippen LogP contribution in [0.15, 0.2) is 18.2 Å². The van der Waals surface area contributed by atoms with Crippen LogP contribution in [0.1, 0.15) is 5.69 Å². The Morgan fingerprint density at radius 1 is 1.38 bits per heavy atom. The van der Waals surface area contributed by atoms with Gasteiger partial charge in [-0.1, -0.05) is 6.07 Å². The van der Waals surface area contributed by atoms with E-state index in [9.17, 15) is 5.11 Å². The second kappa shape index (κ2) is 6.91. The maximum atomic E-state index is 9.60. The molecule has 1 aromatic rings. The minimum absolute atomic E-state index is 0. The Balaban J connectivity index is 0.00000112. The Morgan fingerprint density at radius 3 is 2.69 bits per heavy atom. The Labute approximate surface area is 107 Å². The highest BCUT2D eigenvalue weighted by Crippen LogP contribution is 2.15. The number of rotatable bonds is 2. The van der Waals surface area contributed by atoms with Gasteiger partial charge in [0.2, 0.25) is 0 Å². The molecule has 1 aromatic heterocycles. The lowest BCUT2D eigenvalue weighted by Crippen LogP contribution is -2.20. The van der Waals surface area contributed by atoms with Crippen LogP contribution < -0.4 is 11.1 Å². The molecule has 0 bridgehead atoms. The van der Waals surface area contributed by atoms with Crippen molar-refractivity contribution >= 4 is 30.6 Å². The molecule has 2 heterocycles. The zero-order chi connectivity index (χ0) is 9.97. The van der Waals surface area contributed by atoms with Crippen molar-refractivity contribution in [3.05, 3.63) is 23.9 Å². The largest absolute Gasteiger partial charge is 0.391 e. The molecule has 1 aliphatic rings. The van der Waals surface area contributed by atoms with E-state index >= 15 is 0 Å². The summed E-state index contributed by atoms with van der Waals surface area (Å²) in [5, 5.41) is 12.7. The topological polar surface area (TPSA) is 71.2 Å². The van der Waals surface area contributed by atoms with Crippen molar-refractivity contribution in [1.82, 2.24) is 10.3 Å². The minimum Gasteiger partial charge on any atom is -0.391 e. The van der Waals surface area contributed by atoms with Crippen LogP contribution in [0.25, 0.3) is 0 Å². The Hall–Kier alpha value is -0.550. The summed E-state index contributed by atoms with van der Waals surface area (Å²) in [6.07, 6.45) is 0.539. The summed E-state index contributed by atoms with van der Waals surface area (Å²) in [7, 11) is 0. The van der Waals surface area contributed by atoms with Crippen molar-refractivity contribution in [2.45, 2.75) is 12.5 Å². The molecule has 2 atom stereocenters. The second-order valence-corrected chi connectivity index (χ2v) is 3.74. The normalized spacial score (nSPS) is 23.3. The molecule has 4 N–H and O–H groups in total. The standard InChI is InChI=1S/C10H15N3O.2ClH/c11-10-3-1-2-8(13-10)4-7-5-12-6-9(7)14;;/h1-3,7,9,12,14H,4-6H2,(H2,11,13);2*1H/t7-,9-;;/m0../s1. The molecule has 6 heteroatoms. The van der Waals surface area contributed by atoms with E-state index in [1.807, 2.05) is 12.1 Å². The van der Waals surface area contributed by atoms with Crippen LogP contribution in [-0.2, 0) is 6.42 Å². The van der Waals surface area contributed by atoms with E-state index in [2.05, 4.69) is 10.3 Å². The van der Waals surface area contributed by atoms with Crippen LogP contribution >= 0.6 is 24.8 Å². The molecule has 0 spiro atoms. The van der Waals surface area contributed by atoms with Gasteiger partial charge in [0.25, 0.3) is 0 Å². The van der Waals surface area contributed by atoms with Crippen molar-refractivity contribution in [3.8, 4) is 0 Å². The number of aromatic nitrogens is 1. The van der Waals surface area contributed by atoms with E-state index in [-0.39, 0.29) is 36.8 Å². The maximum Gasteiger partial charge on any atom is 0.123 e. The molecule has 0 saturated carbocycles. The summed E-state index contributed by atoms with van der Waals surface area (Å²) in [5.74, 6) is 0.812. The summed E-state index contributed by atoms with van der Waals surface area (Å²) in [6, 6.07) is 5.61. The molecule has 0 amide bonds. The monoisotopic (exact) mass is 265 g/mol. The molecule has 0 aliphatic carbocycles. The predicted molar refractivity (Wildman–Crippen MR) is 69.2 cm³/mol. The number of hydrogen-bond acceptors (Lipinski definition) is 4. The highest BCUT2D eigenvalue weighted by atomic mass is 35.5. The van der Waals surface area contributed by atoms with Crippen LogP contribution in [0.2, 0.25) is 0 Å². The van der Waals surface area contributed by atoms with Gasteiger partial charge in [-0.2, -0.15) is 0 Å². The first-order valence-electron chi connectivity index (χ1n) is 4.86. The molecule has 0 unspecified atom stereocenters. The summed E-state index contributed by atoms with van der Waals surface area (Å²) < 4.78 is 0. The molecule has 16 heavy (non-hydrogen) atoms. The van der Waals surface area contributed by atoms with Crippen LogP contribution in [0.3, 0.4) is 0 Å². The number of pyridine rings is 1. The number of aliphatic hydroxyl groups excluding tert-OH is 1. The summed E-state index contributed by atoms with van der Waals surface area (Å²) in [4.78, 5) is 4.21. The first kappa shape index (κ1) is 15.4. The Morgan fingerprint density at radius 2 is 2.12 bits per heavy atom. The molecule has 0 aromatic carbocycles. The van der Waals surface area contributed by atoms with Gasteiger partial charge in [0, 0.05) is 24.7 Å². The van der Waals surface area contributed by atoms with Crippen LogP contribution in [-0.4, -0.2) is 29.3 Å². The van der Waals surface area contributed by atoms with E-state index in [1.54, 1.807) is 6.07 Å². The van der Waals surface area contributed by atoms with Crippen molar-refractivity contribution in [3.63, 3.8) is 0 Å². The van der Waals surface area contributed by atoms with Crippen molar-refractivity contribution in [1.29, 1.82) is 0 Å². The van der Waals surface area contributed by atoms with E-state index in [0.717, 1.165) is 18.7 Å². The van der Waals surface area contributed by atoms with E-state index in [0.29, 0.717) is 12.4 Å². The van der Waals surface area contributed by atoms with Gasteiger partial charge in [0.15, 0.2) is 0 Å². The number of β-amino-alcohol motifs (C(OH)–C–C–N with tert-alkyl or cyclic N) is 1. The minimum atomic E-state index is -0.252. The van der Waals surface area contributed by atoms with Gasteiger partial charge in [-0.25, -0.2) is 4.98 Å². The number of nitrogen functional groups attached to an aromatic ring is 1. The number of nitrogens with one attached hydrogen (secondary N) is 1. The van der Waals surface area contributed by atoms with E-state index in [4.69, 9.17) is 5.73 Å². The van der Waals surface area contributed by atoms with Gasteiger partial charge in [-0.15, -0.1) is 24.8 Å². The third kappa shape index (κ3) is 3.79. The number of aliphatic hydroxyl groups is 1. The third-order valence-electron chi connectivity index (χ3n) is 2.60. The molecule has 0 radical (unpaired) electrons. The van der Waals surface area contributed by atoms with Crippen LogP contribution in [0.4, 0.5) is 5.82 Å². The number of halogens is 2. The fourth-order valence-electron chi connectivity index (χ4n) is 1.81. The molecule has 2 rings (SSSR count). The molecular formula is C10H17Cl2N3O. The average molecular weight is 266 g/mol. The maximum absolute atomic E-state index is 9.60. The molecule has 92 valence electrons. The van der Waals surface area contributed by atoms with Gasteiger partial charge in [-0.3, -0.25) is 0 Å². The summed E-state index contributed by atoms with van der Waals surface area (Å²) in [5.41, 5.74) is 6.53. The fraction of sp³-hybridized carbons (Fsp3) is 0.500. The lowest BCUT2D eigenvalue weighted by atomic mass is 10.00. The van der Waals surface area contributed by atoms with Crippen LogP contribution in [0, 0.1) is 5.92 Å². The summed E-state index contributed by atoms with van der Waals surface area (Å²) in [6.45, 7) is 1.55. The third-order valence-corrected chi connectivity index (χ3v) is 2.60. The van der Waals surface area contributed by atoms with Gasteiger partial charge in [0.1, 0.15) is 5.82 Å². The highest BCUT2D eigenvalue weighted by molar-refractivity contribution is 5.85. The lowest BCUT2D eigenvalue weighted by molar-refractivity contribution is 0.147. The van der Waals surface area contributed by atoms with Gasteiger partial charge in [0.05, 0.1) is 6.10 Å². The van der Waals surface area contributed by atoms with Gasteiger partial charge < -0.3 is 16.2 Å². The number of anilines is 1. The molecule has 1 fully saturated rings. The van der Waals surface area contributed by atoms with Gasteiger partial charge in [-0.05, 0) is 18.6 Å². The van der Waals surface area contributed by atoms with Crippen LogP contribution in [0.5, 0.6) is 0 Å². The SMILES string of the molecule is Cl.Cl.Nc1cccc(C[C@H]2CNC[C@@H]2O)n1. The highest BCUT2D eigenvalue weighted by Gasteiger charge is 2.25. The second-order valence-electron chi connectivity index (χ2n) is 3.74. The van der Waals surface area contributed by atoms with E-state index in [1.165, 1.54) is 0 Å². The van der Waals surface area contributed by atoms with Crippen molar-refractivity contribution < 1.29 is 5.11 Å². The molecule has 1 aliphatic heterocycles. The number of nitrogens with two attached hydrogens (primary N) is 1. The molecule has 4 nitrogen and oxygen atoms in total. The quantitative estimate of drug-likeness (QED) is 0.734. The zero-order valence-electron chi connectivity index (χ0n) is 8.80. The Kier molecular flexibility index (Phi) is 6.67. The molecular weight excluding hydrogens is 249 g/mol. The lowest BCUT2D eigenvalue weighted by Gasteiger charge is -2.12. The first-order chi connectivity index (χ1) is 6.75. The van der Waals surface area contributed by atoms with Gasteiger partial charge >= 0.3 is 0 Å². The van der Waals surface area contributed by atoms with Crippen molar-refractivity contribution in [2.75, 3.05) is 18.8 Å². The Bertz CT molecular complexity index is 325. The van der Waals surface area contributed by atoms with Crippen molar-refractivity contribution in [2.24, 2.45) is 5.92 Å². The van der Waals surface area contributed by atoms with E-state index < -0.39 is 0 Å². The number of hydrogen-bond donors (Lipinski definition) is 3. The number of nitrogens with zero attached hydrogens (tertiary/aromatic N) is 1. The average Bonchev–Trinajstić information content (AvgIpc) is 2.52. The zero-order valence-corrected chi connectivity index (χ0v) is 10.4. The predicted octanol–water partition coefficient (Wildman–Crippen LogP) is 0.630.